The SMILES string of the molecule is COc1cc2ncnc(N(c3ccccc3)c3ccc(NC(=O)Nc4ccccn4)c(Cl)c3)c2c2c1OCCO2. The number of nitrogens with one attached hydrogen (secondary N) is 2. The first kappa shape index (κ1) is 25.2. The van der Waals surface area contributed by atoms with E-state index in [1.807, 2.05) is 41.3 Å². The second-order valence-electron chi connectivity index (χ2n) is 8.65. The molecule has 11 heteroatoms. The molecular weight excluding hydrogens is 532 g/mol. The van der Waals surface area contributed by atoms with Gasteiger partial charge in [0.1, 0.15) is 25.4 Å². The second kappa shape index (κ2) is 11.0. The van der Waals surface area contributed by atoms with Gasteiger partial charge >= 0.3 is 6.03 Å². The van der Waals surface area contributed by atoms with E-state index in [1.165, 1.54) is 6.33 Å². The van der Waals surface area contributed by atoms with Crippen LogP contribution in [0.1, 0.15) is 0 Å². The number of methoxy groups -OCH3 is 1. The predicted octanol–water partition coefficient (Wildman–Crippen LogP) is 6.57. The highest BCUT2D eigenvalue weighted by molar-refractivity contribution is 6.34. The summed E-state index contributed by atoms with van der Waals surface area (Å²) >= 11 is 6.69. The Bertz CT molecular complexity index is 1690. The number of anilines is 5. The minimum Gasteiger partial charge on any atom is -0.493 e. The number of halogens is 1. The van der Waals surface area contributed by atoms with Crippen LogP contribution in [0.15, 0.2) is 85.3 Å². The zero-order chi connectivity index (χ0) is 27.5. The van der Waals surface area contributed by atoms with Crippen molar-refractivity contribution in [3.63, 3.8) is 0 Å². The van der Waals surface area contributed by atoms with Gasteiger partial charge < -0.3 is 19.5 Å². The summed E-state index contributed by atoms with van der Waals surface area (Å²) in [6.45, 7) is 0.778. The van der Waals surface area contributed by atoms with Gasteiger partial charge in [0.25, 0.3) is 0 Å². The molecule has 0 bridgehead atoms. The summed E-state index contributed by atoms with van der Waals surface area (Å²) < 4.78 is 17.5. The number of carbonyl (C=O) groups is 1. The van der Waals surface area contributed by atoms with Gasteiger partial charge in [0.05, 0.1) is 28.7 Å². The normalized spacial score (nSPS) is 12.1. The number of aromatic nitrogens is 3. The van der Waals surface area contributed by atoms with Crippen molar-refractivity contribution >= 4 is 57.2 Å². The highest BCUT2D eigenvalue weighted by atomic mass is 35.5. The Labute approximate surface area is 234 Å². The molecule has 1 aliphatic rings. The van der Waals surface area contributed by atoms with E-state index in [0.717, 1.165) is 5.69 Å². The van der Waals surface area contributed by atoms with Crippen molar-refractivity contribution in [1.82, 2.24) is 15.0 Å². The largest absolute Gasteiger partial charge is 0.493 e. The Balaban J connectivity index is 1.43. The number of ether oxygens (including phenoxy) is 3. The van der Waals surface area contributed by atoms with Crippen LogP contribution in [-0.4, -0.2) is 41.3 Å². The quantitative estimate of drug-likeness (QED) is 0.242. The molecule has 200 valence electrons. The molecule has 0 spiro atoms. The molecule has 3 heterocycles. The first-order valence-corrected chi connectivity index (χ1v) is 12.8. The molecule has 1 aliphatic heterocycles. The Morgan fingerprint density at radius 1 is 0.900 bits per heavy atom. The fourth-order valence-corrected chi connectivity index (χ4v) is 4.66. The number of hydrogen-bond acceptors (Lipinski definition) is 8. The number of para-hydroxylation sites is 1. The van der Waals surface area contributed by atoms with Crippen LogP contribution in [0, 0.1) is 0 Å². The van der Waals surface area contributed by atoms with Gasteiger partial charge in [-0.1, -0.05) is 35.9 Å². The molecule has 0 radical (unpaired) electrons. The van der Waals surface area contributed by atoms with Crippen LogP contribution < -0.4 is 29.7 Å². The number of pyridine rings is 1. The van der Waals surface area contributed by atoms with E-state index < -0.39 is 6.03 Å². The van der Waals surface area contributed by atoms with Crippen molar-refractivity contribution in [3.05, 3.63) is 90.3 Å². The van der Waals surface area contributed by atoms with Gasteiger partial charge in [0, 0.05) is 23.6 Å². The zero-order valence-corrected chi connectivity index (χ0v) is 22.1. The lowest BCUT2D eigenvalue weighted by atomic mass is 10.1. The van der Waals surface area contributed by atoms with Crippen LogP contribution in [0.4, 0.5) is 33.5 Å². The number of rotatable bonds is 6. The van der Waals surface area contributed by atoms with Crippen LogP contribution in [-0.2, 0) is 0 Å². The average molecular weight is 555 g/mol. The van der Waals surface area contributed by atoms with Crippen molar-refractivity contribution in [1.29, 1.82) is 0 Å². The summed E-state index contributed by atoms with van der Waals surface area (Å²) in [5.74, 6) is 2.52. The lowest BCUT2D eigenvalue weighted by molar-refractivity contribution is 0.167. The molecule has 10 nitrogen and oxygen atoms in total. The van der Waals surface area contributed by atoms with E-state index in [-0.39, 0.29) is 0 Å². The third-order valence-corrected chi connectivity index (χ3v) is 6.48. The molecule has 0 unspecified atom stereocenters. The van der Waals surface area contributed by atoms with Crippen molar-refractivity contribution < 1.29 is 19.0 Å². The highest BCUT2D eigenvalue weighted by Gasteiger charge is 2.27. The van der Waals surface area contributed by atoms with E-state index >= 15 is 0 Å². The number of fused-ring (bicyclic) bond motifs is 3. The number of urea groups is 1. The molecule has 5 aromatic rings. The van der Waals surface area contributed by atoms with Gasteiger partial charge in [-0.25, -0.2) is 19.7 Å². The van der Waals surface area contributed by atoms with E-state index in [1.54, 1.807) is 49.7 Å². The summed E-state index contributed by atoms with van der Waals surface area (Å²) in [5.41, 5.74) is 2.59. The van der Waals surface area contributed by atoms with Gasteiger partial charge in [-0.3, -0.25) is 10.2 Å². The van der Waals surface area contributed by atoms with E-state index in [4.69, 9.17) is 25.8 Å². The molecule has 6 rings (SSSR count). The molecular formula is C29H23ClN6O4. The lowest BCUT2D eigenvalue weighted by Crippen LogP contribution is -2.20. The highest BCUT2D eigenvalue weighted by Crippen LogP contribution is 2.49. The summed E-state index contributed by atoms with van der Waals surface area (Å²) in [5, 5.41) is 6.44. The monoisotopic (exact) mass is 554 g/mol. The van der Waals surface area contributed by atoms with Crippen molar-refractivity contribution in [2.24, 2.45) is 0 Å². The fraction of sp³-hybridized carbons (Fsp3) is 0.103. The van der Waals surface area contributed by atoms with Crippen LogP contribution in [0.5, 0.6) is 17.2 Å². The van der Waals surface area contributed by atoms with Crippen LogP contribution in [0.3, 0.4) is 0 Å². The van der Waals surface area contributed by atoms with Crippen molar-refractivity contribution in [3.8, 4) is 17.2 Å². The van der Waals surface area contributed by atoms with Crippen LogP contribution >= 0.6 is 11.6 Å². The minimum absolute atomic E-state index is 0.330. The smallest absolute Gasteiger partial charge is 0.324 e. The standard InChI is InChI=1S/C29H23ClN6O4/c1-38-23-16-22-25(27-26(23)39-13-14-40-27)28(33-17-32-22)36(18-7-3-2-4-8-18)19-10-11-21(20(30)15-19)34-29(37)35-24-9-5-6-12-31-24/h2-12,15-17H,13-14H2,1H3,(H2,31,34,35,37). The van der Waals surface area contributed by atoms with Crippen molar-refractivity contribution in [2.75, 3.05) is 35.9 Å². The number of benzene rings is 3. The first-order chi connectivity index (χ1) is 19.6. The van der Waals surface area contributed by atoms with Gasteiger partial charge in [-0.05, 0) is 42.5 Å². The Kier molecular flexibility index (Phi) is 6.90. The molecule has 2 N–H and O–H groups in total. The van der Waals surface area contributed by atoms with Gasteiger partial charge in [-0.15, -0.1) is 0 Å². The third-order valence-electron chi connectivity index (χ3n) is 6.17. The molecule has 0 saturated carbocycles. The summed E-state index contributed by atoms with van der Waals surface area (Å²) in [6, 6.07) is 21.6. The maximum atomic E-state index is 12.5. The van der Waals surface area contributed by atoms with E-state index in [2.05, 4.69) is 25.6 Å². The molecule has 3 aromatic carbocycles. The lowest BCUT2D eigenvalue weighted by Gasteiger charge is -2.28. The van der Waals surface area contributed by atoms with Crippen LogP contribution in [0.25, 0.3) is 10.9 Å². The average Bonchev–Trinajstić information content (AvgIpc) is 2.99. The molecule has 40 heavy (non-hydrogen) atoms. The van der Waals surface area contributed by atoms with Gasteiger partial charge in [0.15, 0.2) is 17.3 Å². The van der Waals surface area contributed by atoms with Crippen LogP contribution in [0.2, 0.25) is 5.02 Å². The van der Waals surface area contributed by atoms with E-state index in [9.17, 15) is 4.79 Å². The number of nitrogens with zero attached hydrogens (tertiary/aromatic N) is 4. The van der Waals surface area contributed by atoms with Gasteiger partial charge in [0.2, 0.25) is 5.75 Å². The summed E-state index contributed by atoms with van der Waals surface area (Å²) in [4.78, 5) is 27.8. The number of hydrogen-bond donors (Lipinski definition) is 2. The predicted molar refractivity (Wildman–Crippen MR) is 154 cm³/mol. The molecule has 0 saturated heterocycles. The van der Waals surface area contributed by atoms with Gasteiger partial charge in [-0.2, -0.15) is 0 Å². The molecule has 2 aromatic heterocycles. The molecule has 2 amide bonds. The summed E-state index contributed by atoms with van der Waals surface area (Å²) in [7, 11) is 1.58. The van der Waals surface area contributed by atoms with Crippen molar-refractivity contribution in [2.45, 2.75) is 0 Å². The second-order valence-corrected chi connectivity index (χ2v) is 9.06. The molecule has 0 atom stereocenters. The maximum absolute atomic E-state index is 12.5. The first-order valence-electron chi connectivity index (χ1n) is 12.4. The number of carbonyl (C=O) groups excluding carboxylic acids is 1. The summed E-state index contributed by atoms with van der Waals surface area (Å²) in [6.07, 6.45) is 3.08. The molecule has 0 aliphatic carbocycles. The fourth-order valence-electron chi connectivity index (χ4n) is 4.44. The Morgan fingerprint density at radius 2 is 1.70 bits per heavy atom. The topological polar surface area (TPSA) is 111 Å². The minimum atomic E-state index is -0.465. The third kappa shape index (κ3) is 4.87. The maximum Gasteiger partial charge on any atom is 0.324 e. The Hall–Kier alpha value is -5.09. The number of amides is 2. The van der Waals surface area contributed by atoms with E-state index in [0.29, 0.717) is 69.4 Å². The molecule has 0 fully saturated rings. The zero-order valence-electron chi connectivity index (χ0n) is 21.3. The Morgan fingerprint density at radius 3 is 2.45 bits per heavy atom.